The second-order valence-corrected chi connectivity index (χ2v) is 8.35. The van der Waals surface area contributed by atoms with Crippen LogP contribution in [0.15, 0.2) is 47.6 Å². The first-order chi connectivity index (χ1) is 12.3. The molecule has 1 aromatic carbocycles. The topological polar surface area (TPSA) is 105 Å². The molecule has 0 bridgehead atoms. The molecule has 1 aliphatic carbocycles. The van der Waals surface area contributed by atoms with Crippen molar-refractivity contribution in [3.05, 3.63) is 53.9 Å². The van der Waals surface area contributed by atoms with Crippen LogP contribution in [0.4, 0.5) is 0 Å². The fourth-order valence-corrected chi connectivity index (χ4v) is 4.37. The first-order valence-corrected chi connectivity index (χ1v) is 9.77. The summed E-state index contributed by atoms with van der Waals surface area (Å²) < 4.78 is 26.2. The monoisotopic (exact) mass is 376 g/mol. The molecule has 0 saturated heterocycles. The van der Waals surface area contributed by atoms with Crippen LogP contribution in [0, 0.1) is 12.8 Å². The van der Waals surface area contributed by atoms with Crippen molar-refractivity contribution in [1.82, 2.24) is 9.29 Å². The van der Waals surface area contributed by atoms with E-state index in [0.29, 0.717) is 12.8 Å². The Morgan fingerprint density at radius 3 is 2.50 bits per heavy atom. The quantitative estimate of drug-likeness (QED) is 0.830. The average Bonchev–Trinajstić information content (AvgIpc) is 3.24. The Kier molecular flexibility index (Phi) is 4.86. The fraction of sp³-hybridized carbons (Fsp3) is 0.333. The van der Waals surface area contributed by atoms with Crippen LogP contribution in [0.2, 0.25) is 0 Å². The normalized spacial score (nSPS) is 20.0. The largest absolute Gasteiger partial charge is 0.481 e. The second-order valence-electron chi connectivity index (χ2n) is 6.50. The third-order valence-electron chi connectivity index (χ3n) is 4.68. The van der Waals surface area contributed by atoms with Gasteiger partial charge in [-0.3, -0.25) is 9.59 Å². The first kappa shape index (κ1) is 18.2. The Morgan fingerprint density at radius 2 is 1.85 bits per heavy atom. The molecule has 8 heteroatoms. The Labute approximate surface area is 151 Å². The van der Waals surface area contributed by atoms with Crippen molar-refractivity contribution < 1.29 is 23.1 Å². The molecule has 1 aliphatic rings. The van der Waals surface area contributed by atoms with Crippen LogP contribution >= 0.6 is 0 Å². The Hall–Kier alpha value is -2.61. The van der Waals surface area contributed by atoms with Crippen LogP contribution in [-0.2, 0) is 14.8 Å². The van der Waals surface area contributed by atoms with Gasteiger partial charge in [-0.25, -0.2) is 12.4 Å². The van der Waals surface area contributed by atoms with Crippen LogP contribution in [0.5, 0.6) is 0 Å². The molecule has 1 heterocycles. The summed E-state index contributed by atoms with van der Waals surface area (Å²) in [4.78, 5) is 23.7. The third-order valence-corrected chi connectivity index (χ3v) is 6.33. The molecule has 1 amide bonds. The first-order valence-electron chi connectivity index (χ1n) is 8.33. The van der Waals surface area contributed by atoms with E-state index in [-0.39, 0.29) is 10.5 Å². The molecule has 0 spiro atoms. The van der Waals surface area contributed by atoms with Crippen LogP contribution < -0.4 is 5.32 Å². The minimum atomic E-state index is -3.78. The van der Waals surface area contributed by atoms with Crippen LogP contribution in [0.1, 0.15) is 35.2 Å². The van der Waals surface area contributed by atoms with Crippen molar-refractivity contribution in [2.24, 2.45) is 5.92 Å². The number of carbonyl (C=O) groups excluding carboxylic acids is 1. The van der Waals surface area contributed by atoms with E-state index >= 15 is 0 Å². The summed E-state index contributed by atoms with van der Waals surface area (Å²) in [5, 5.41) is 11.9. The molecule has 2 atom stereocenters. The molecule has 138 valence electrons. The van der Waals surface area contributed by atoms with Crippen LogP contribution in [-0.4, -0.2) is 35.4 Å². The molecule has 3 rings (SSSR count). The van der Waals surface area contributed by atoms with E-state index in [4.69, 9.17) is 0 Å². The predicted molar refractivity (Wildman–Crippen MR) is 94.4 cm³/mol. The third kappa shape index (κ3) is 3.50. The SMILES string of the molecule is Cc1ccc(S(=O)(=O)n2ccc(C(=O)N[C@@H]3CCC[C@@H]3C(=O)O)c2)cc1. The molecule has 0 radical (unpaired) electrons. The standard InChI is InChI=1S/C18H20N2O5S/c1-12-5-7-14(8-6-12)26(24,25)20-10-9-13(11-20)17(21)19-16-4-2-3-15(16)18(22)23/h5-11,15-16H,2-4H2,1H3,(H,19,21)(H,22,23)/t15-,16+/m0/s1. The van der Waals surface area contributed by atoms with Gasteiger partial charge in [0.2, 0.25) is 0 Å². The molecule has 0 aliphatic heterocycles. The van der Waals surface area contributed by atoms with E-state index in [0.717, 1.165) is 16.0 Å². The fourth-order valence-electron chi connectivity index (χ4n) is 3.17. The number of rotatable bonds is 5. The molecular formula is C18H20N2O5S. The lowest BCUT2D eigenvalue weighted by Crippen LogP contribution is -2.40. The number of aliphatic carboxylic acids is 1. The lowest BCUT2D eigenvalue weighted by atomic mass is 10.0. The van der Waals surface area contributed by atoms with Gasteiger partial charge in [0.1, 0.15) is 0 Å². The molecule has 2 N–H and O–H groups in total. The van der Waals surface area contributed by atoms with E-state index in [1.165, 1.54) is 30.6 Å². The number of hydrogen-bond donors (Lipinski definition) is 2. The smallest absolute Gasteiger partial charge is 0.308 e. The van der Waals surface area contributed by atoms with E-state index < -0.39 is 33.9 Å². The van der Waals surface area contributed by atoms with Gasteiger partial charge in [-0.2, -0.15) is 0 Å². The van der Waals surface area contributed by atoms with Crippen molar-refractivity contribution in [2.45, 2.75) is 37.1 Å². The van der Waals surface area contributed by atoms with E-state index in [9.17, 15) is 23.1 Å². The molecule has 2 aromatic rings. The number of hydrogen-bond acceptors (Lipinski definition) is 4. The van der Waals surface area contributed by atoms with Gasteiger partial charge in [0.25, 0.3) is 15.9 Å². The maximum absolute atomic E-state index is 12.6. The van der Waals surface area contributed by atoms with Crippen molar-refractivity contribution in [3.63, 3.8) is 0 Å². The lowest BCUT2D eigenvalue weighted by molar-refractivity contribution is -0.142. The van der Waals surface area contributed by atoms with Gasteiger partial charge in [0.15, 0.2) is 0 Å². The molecule has 1 fully saturated rings. The molecular weight excluding hydrogens is 356 g/mol. The Morgan fingerprint density at radius 1 is 1.15 bits per heavy atom. The van der Waals surface area contributed by atoms with E-state index in [1.54, 1.807) is 12.1 Å². The molecule has 0 unspecified atom stereocenters. The van der Waals surface area contributed by atoms with E-state index in [1.807, 2.05) is 6.92 Å². The van der Waals surface area contributed by atoms with Crippen molar-refractivity contribution in [2.75, 3.05) is 0 Å². The van der Waals surface area contributed by atoms with Gasteiger partial charge in [0.05, 0.1) is 16.4 Å². The maximum atomic E-state index is 12.6. The Balaban J connectivity index is 1.78. The summed E-state index contributed by atoms with van der Waals surface area (Å²) in [6.45, 7) is 1.86. The number of aryl methyl sites for hydroxylation is 1. The van der Waals surface area contributed by atoms with Gasteiger partial charge >= 0.3 is 5.97 Å². The van der Waals surface area contributed by atoms with Gasteiger partial charge < -0.3 is 10.4 Å². The highest BCUT2D eigenvalue weighted by Crippen LogP contribution is 2.26. The highest BCUT2D eigenvalue weighted by atomic mass is 32.2. The van der Waals surface area contributed by atoms with E-state index in [2.05, 4.69) is 5.32 Å². The van der Waals surface area contributed by atoms with Crippen molar-refractivity contribution >= 4 is 21.9 Å². The predicted octanol–water partition coefficient (Wildman–Crippen LogP) is 2.02. The number of carboxylic acids is 1. The minimum absolute atomic E-state index is 0.132. The summed E-state index contributed by atoms with van der Waals surface area (Å²) in [6.07, 6.45) is 4.43. The molecule has 1 saturated carbocycles. The zero-order valence-electron chi connectivity index (χ0n) is 14.3. The van der Waals surface area contributed by atoms with Crippen LogP contribution in [0.25, 0.3) is 0 Å². The lowest BCUT2D eigenvalue weighted by Gasteiger charge is -2.17. The minimum Gasteiger partial charge on any atom is -0.481 e. The summed E-state index contributed by atoms with van der Waals surface area (Å²) in [6, 6.07) is 7.41. The molecule has 7 nitrogen and oxygen atoms in total. The zero-order chi connectivity index (χ0) is 18.9. The van der Waals surface area contributed by atoms with Crippen molar-refractivity contribution in [1.29, 1.82) is 0 Å². The second kappa shape index (κ2) is 6.95. The number of benzene rings is 1. The summed E-state index contributed by atoms with van der Waals surface area (Å²) >= 11 is 0. The van der Waals surface area contributed by atoms with Crippen molar-refractivity contribution in [3.8, 4) is 0 Å². The maximum Gasteiger partial charge on any atom is 0.308 e. The number of carbonyl (C=O) groups is 2. The highest BCUT2D eigenvalue weighted by Gasteiger charge is 2.34. The summed E-state index contributed by atoms with van der Waals surface area (Å²) in [7, 11) is -3.78. The molecule has 26 heavy (non-hydrogen) atoms. The van der Waals surface area contributed by atoms with Crippen LogP contribution in [0.3, 0.4) is 0 Å². The zero-order valence-corrected chi connectivity index (χ0v) is 15.1. The van der Waals surface area contributed by atoms with Gasteiger partial charge in [-0.1, -0.05) is 24.1 Å². The number of aromatic nitrogens is 1. The van der Waals surface area contributed by atoms with Gasteiger partial charge in [-0.05, 0) is 38.0 Å². The van der Waals surface area contributed by atoms with Gasteiger partial charge in [-0.15, -0.1) is 0 Å². The number of nitrogens with one attached hydrogen (secondary N) is 1. The number of amides is 1. The average molecular weight is 376 g/mol. The van der Waals surface area contributed by atoms with Gasteiger partial charge in [0, 0.05) is 18.4 Å². The number of nitrogens with zero attached hydrogens (tertiary/aromatic N) is 1. The molecule has 1 aromatic heterocycles. The number of carboxylic acid groups (broad SMARTS) is 1. The summed E-state index contributed by atoms with van der Waals surface area (Å²) in [5.74, 6) is -1.99. The summed E-state index contributed by atoms with van der Waals surface area (Å²) in [5.41, 5.74) is 1.12. The highest BCUT2D eigenvalue weighted by molar-refractivity contribution is 7.90. The Bertz CT molecular complexity index is 931.